The maximum Gasteiger partial charge on any atom is 0.416 e. The number of hydrogen-bond donors (Lipinski definition) is 2. The highest BCUT2D eigenvalue weighted by atomic mass is 35.5. The van der Waals surface area contributed by atoms with Crippen LogP contribution in [0.3, 0.4) is 0 Å². The summed E-state index contributed by atoms with van der Waals surface area (Å²) in [5.74, 6) is -3.64. The van der Waals surface area contributed by atoms with Crippen LogP contribution in [0.1, 0.15) is 43.6 Å². The molecule has 0 bridgehead atoms. The van der Waals surface area contributed by atoms with Gasteiger partial charge in [-0.15, -0.1) is 0 Å². The number of hydrogen-bond acceptors (Lipinski definition) is 4. The maximum atomic E-state index is 14.1. The van der Waals surface area contributed by atoms with Gasteiger partial charge in [0, 0.05) is 40.5 Å². The molecule has 1 atom stereocenters. The number of benzene rings is 2. The van der Waals surface area contributed by atoms with Gasteiger partial charge in [0.05, 0.1) is 29.2 Å². The molecular weight excluding hydrogens is 533 g/mol. The number of amides is 2. The van der Waals surface area contributed by atoms with E-state index in [9.17, 15) is 31.5 Å². The fraction of sp³-hybridized carbons (Fsp3) is 0.120. The van der Waals surface area contributed by atoms with Gasteiger partial charge in [0.2, 0.25) is 0 Å². The molecule has 0 saturated carbocycles. The van der Waals surface area contributed by atoms with Crippen molar-refractivity contribution in [3.8, 4) is 11.3 Å². The van der Waals surface area contributed by atoms with Crippen molar-refractivity contribution in [2.45, 2.75) is 12.2 Å². The lowest BCUT2D eigenvalue weighted by molar-refractivity contribution is -0.137. The van der Waals surface area contributed by atoms with Crippen LogP contribution < -0.4 is 10.6 Å². The Morgan fingerprint density at radius 3 is 2.55 bits per heavy atom. The van der Waals surface area contributed by atoms with E-state index in [0.29, 0.717) is 17.7 Å². The third-order valence-corrected chi connectivity index (χ3v) is 6.19. The Hall–Kier alpha value is -4.32. The first-order chi connectivity index (χ1) is 17.9. The zero-order valence-electron chi connectivity index (χ0n) is 19.2. The standard InChI is InChI=1S/C25H15ClF5N5O2/c1-36-10-12(9-32-36)18-8-19(34-23(37)11-4-13(25(29,30)31)6-15(28)5-11)20-21(35-24(38)22(20)33-18)16-7-14(27)2-3-17(16)26/h2-10,21H,1H3,(H,35,38)(H,33,34,37)/t21-/m1/s1. The van der Waals surface area contributed by atoms with Crippen LogP contribution in [0.25, 0.3) is 11.3 Å². The van der Waals surface area contributed by atoms with Crippen molar-refractivity contribution in [2.24, 2.45) is 7.05 Å². The minimum absolute atomic E-state index is 0.0275. The molecule has 13 heteroatoms. The van der Waals surface area contributed by atoms with Gasteiger partial charge in [-0.3, -0.25) is 14.3 Å². The zero-order chi connectivity index (χ0) is 27.4. The number of anilines is 1. The number of nitrogens with one attached hydrogen (secondary N) is 2. The van der Waals surface area contributed by atoms with Gasteiger partial charge in [-0.25, -0.2) is 13.8 Å². The molecule has 0 radical (unpaired) electrons. The van der Waals surface area contributed by atoms with Crippen molar-refractivity contribution in [3.05, 3.63) is 99.5 Å². The number of carbonyl (C=O) groups is 2. The average Bonchev–Trinajstić information content (AvgIpc) is 3.43. The molecule has 1 aliphatic rings. The fourth-order valence-corrected chi connectivity index (χ4v) is 4.37. The second kappa shape index (κ2) is 9.21. The van der Waals surface area contributed by atoms with Gasteiger partial charge in [-0.1, -0.05) is 11.6 Å². The quantitative estimate of drug-likeness (QED) is 0.329. The Bertz CT molecular complexity index is 1620. The lowest BCUT2D eigenvalue weighted by atomic mass is 9.97. The van der Waals surface area contributed by atoms with Crippen molar-refractivity contribution in [1.29, 1.82) is 0 Å². The minimum Gasteiger partial charge on any atom is -0.340 e. The molecule has 2 aromatic heterocycles. The molecule has 194 valence electrons. The number of halogens is 6. The normalized spacial score (nSPS) is 14.8. The molecule has 5 rings (SSSR count). The topological polar surface area (TPSA) is 88.9 Å². The number of rotatable bonds is 4. The number of carbonyl (C=O) groups excluding carboxylic acids is 2. The summed E-state index contributed by atoms with van der Waals surface area (Å²) >= 11 is 6.27. The summed E-state index contributed by atoms with van der Waals surface area (Å²) in [7, 11) is 1.65. The molecule has 0 unspecified atom stereocenters. The van der Waals surface area contributed by atoms with Crippen molar-refractivity contribution in [2.75, 3.05) is 5.32 Å². The molecule has 0 aliphatic carbocycles. The van der Waals surface area contributed by atoms with E-state index in [1.165, 1.54) is 23.0 Å². The molecule has 1 aliphatic heterocycles. The van der Waals surface area contributed by atoms with Crippen molar-refractivity contribution in [1.82, 2.24) is 20.1 Å². The summed E-state index contributed by atoms with van der Waals surface area (Å²) in [5.41, 5.74) is -1.16. The number of aryl methyl sites for hydroxylation is 1. The smallest absolute Gasteiger partial charge is 0.340 e. The summed E-state index contributed by atoms with van der Waals surface area (Å²) in [5, 5.41) is 9.27. The predicted molar refractivity (Wildman–Crippen MR) is 127 cm³/mol. The molecule has 7 nitrogen and oxygen atoms in total. The van der Waals surface area contributed by atoms with Gasteiger partial charge >= 0.3 is 6.18 Å². The molecule has 0 saturated heterocycles. The van der Waals surface area contributed by atoms with E-state index in [-0.39, 0.29) is 39.3 Å². The lowest BCUT2D eigenvalue weighted by Crippen LogP contribution is -2.21. The Balaban J connectivity index is 1.65. The van der Waals surface area contributed by atoms with E-state index in [4.69, 9.17) is 11.6 Å². The average molecular weight is 548 g/mol. The van der Waals surface area contributed by atoms with Crippen molar-refractivity contribution in [3.63, 3.8) is 0 Å². The second-order valence-corrected chi connectivity index (χ2v) is 8.88. The summed E-state index contributed by atoms with van der Waals surface area (Å²) in [6.45, 7) is 0. The number of nitrogens with zero attached hydrogens (tertiary/aromatic N) is 3. The SMILES string of the molecule is Cn1cc(-c2cc(NC(=O)c3cc(F)cc(C(F)(F)F)c3)c3c(n2)C(=O)N[C@@H]3c2cc(F)ccc2Cl)cn1. The first kappa shape index (κ1) is 25.3. The third-order valence-electron chi connectivity index (χ3n) is 5.84. The monoisotopic (exact) mass is 547 g/mol. The zero-order valence-corrected chi connectivity index (χ0v) is 20.0. The largest absolute Gasteiger partial charge is 0.416 e. The van der Waals surface area contributed by atoms with E-state index in [1.807, 2.05) is 0 Å². The van der Waals surface area contributed by atoms with Crippen molar-refractivity contribution < 1.29 is 31.5 Å². The first-order valence-corrected chi connectivity index (χ1v) is 11.3. The minimum atomic E-state index is -4.89. The van der Waals surface area contributed by atoms with Crippen LogP contribution >= 0.6 is 11.6 Å². The lowest BCUT2D eigenvalue weighted by Gasteiger charge is -2.18. The molecule has 2 aromatic carbocycles. The molecule has 0 spiro atoms. The van der Waals surface area contributed by atoms with E-state index in [0.717, 1.165) is 12.1 Å². The Morgan fingerprint density at radius 1 is 1.11 bits per heavy atom. The van der Waals surface area contributed by atoms with Crippen LogP contribution in [0.4, 0.5) is 27.6 Å². The molecule has 0 fully saturated rings. The summed E-state index contributed by atoms with van der Waals surface area (Å²) in [6.07, 6.45) is -1.84. The Kier molecular flexibility index (Phi) is 6.14. The number of pyridine rings is 1. The first-order valence-electron chi connectivity index (χ1n) is 10.9. The van der Waals surface area contributed by atoms with Gasteiger partial charge in [0.15, 0.2) is 0 Å². The van der Waals surface area contributed by atoms with Gasteiger partial charge in [0.1, 0.15) is 17.3 Å². The third kappa shape index (κ3) is 4.70. The second-order valence-electron chi connectivity index (χ2n) is 8.47. The number of aromatic nitrogens is 3. The Morgan fingerprint density at radius 2 is 1.87 bits per heavy atom. The van der Waals surface area contributed by atoms with Crippen LogP contribution in [-0.4, -0.2) is 26.6 Å². The molecular formula is C25H15ClF5N5O2. The highest BCUT2D eigenvalue weighted by molar-refractivity contribution is 6.31. The van der Waals surface area contributed by atoms with Gasteiger partial charge in [-0.05, 0) is 42.5 Å². The number of fused-ring (bicyclic) bond motifs is 1. The highest BCUT2D eigenvalue weighted by Gasteiger charge is 2.37. The van der Waals surface area contributed by atoms with Gasteiger partial charge < -0.3 is 10.6 Å². The van der Waals surface area contributed by atoms with Crippen LogP contribution in [0, 0.1) is 11.6 Å². The number of alkyl halides is 3. The van der Waals surface area contributed by atoms with Gasteiger partial charge in [-0.2, -0.15) is 18.3 Å². The predicted octanol–water partition coefficient (Wildman–Crippen LogP) is 5.52. The molecule has 2 N–H and O–H groups in total. The highest BCUT2D eigenvalue weighted by Crippen LogP contribution is 2.40. The van der Waals surface area contributed by atoms with Crippen LogP contribution in [0.2, 0.25) is 5.02 Å². The Labute approximate surface area is 216 Å². The summed E-state index contributed by atoms with van der Waals surface area (Å²) in [6, 6.07) is 5.28. The molecule has 38 heavy (non-hydrogen) atoms. The summed E-state index contributed by atoms with van der Waals surface area (Å²) < 4.78 is 69.2. The van der Waals surface area contributed by atoms with Crippen LogP contribution in [0.5, 0.6) is 0 Å². The molecule has 2 amide bonds. The van der Waals surface area contributed by atoms with E-state index in [1.54, 1.807) is 13.2 Å². The molecule has 4 aromatic rings. The van der Waals surface area contributed by atoms with E-state index >= 15 is 0 Å². The summed E-state index contributed by atoms with van der Waals surface area (Å²) in [4.78, 5) is 30.4. The maximum absolute atomic E-state index is 14.1. The molecule has 3 heterocycles. The van der Waals surface area contributed by atoms with E-state index < -0.39 is 46.8 Å². The van der Waals surface area contributed by atoms with Gasteiger partial charge in [0.25, 0.3) is 11.8 Å². The fourth-order valence-electron chi connectivity index (χ4n) is 4.14. The van der Waals surface area contributed by atoms with Crippen molar-refractivity contribution >= 4 is 29.1 Å². The van der Waals surface area contributed by atoms with E-state index in [2.05, 4.69) is 20.7 Å². The van der Waals surface area contributed by atoms with Crippen LogP contribution in [-0.2, 0) is 13.2 Å². The van der Waals surface area contributed by atoms with Crippen LogP contribution in [0.15, 0.2) is 54.9 Å².